The lowest BCUT2D eigenvalue weighted by Gasteiger charge is -2.37. The summed E-state index contributed by atoms with van der Waals surface area (Å²) in [6.07, 6.45) is 14.7. The topological polar surface area (TPSA) is 138 Å². The van der Waals surface area contributed by atoms with Gasteiger partial charge in [0.1, 0.15) is 11.1 Å². The molecule has 13 heteroatoms. The Labute approximate surface area is 278 Å². The van der Waals surface area contributed by atoms with E-state index in [0.29, 0.717) is 29.7 Å². The molecule has 2 aliphatic carbocycles. The molecule has 2 saturated heterocycles. The first-order valence-electron chi connectivity index (χ1n) is 17.3. The smallest absolute Gasteiger partial charge is 0.330 e. The predicted molar refractivity (Wildman–Crippen MR) is 178 cm³/mol. The second-order valence-corrected chi connectivity index (χ2v) is 13.8. The van der Waals surface area contributed by atoms with Crippen LogP contribution in [0.3, 0.4) is 0 Å². The summed E-state index contributed by atoms with van der Waals surface area (Å²) >= 11 is 0. The van der Waals surface area contributed by atoms with Gasteiger partial charge < -0.3 is 19.8 Å². The molecule has 2 saturated carbocycles. The molecule has 0 radical (unpaired) electrons. The zero-order chi connectivity index (χ0) is 32.8. The lowest BCUT2D eigenvalue weighted by molar-refractivity contribution is -0.424. The van der Waals surface area contributed by atoms with Crippen LogP contribution in [-0.2, 0) is 4.79 Å². The Hall–Kier alpha value is -4.33. The van der Waals surface area contributed by atoms with Gasteiger partial charge in [0.2, 0.25) is 18.1 Å². The van der Waals surface area contributed by atoms with Gasteiger partial charge in [0.25, 0.3) is 0 Å². The molecule has 48 heavy (non-hydrogen) atoms. The molecule has 3 amide bonds. The predicted octanol–water partition coefficient (Wildman–Crippen LogP) is 1.69. The number of carbonyl (C=O) groups is 2. The van der Waals surface area contributed by atoms with E-state index in [4.69, 9.17) is 9.84 Å². The average Bonchev–Trinajstić information content (AvgIpc) is 3.66. The first kappa shape index (κ1) is 31.0. The number of nitrogens with one attached hydrogen (secondary N) is 1. The molecule has 4 fully saturated rings. The minimum Gasteiger partial charge on any atom is -0.490 e. The highest BCUT2D eigenvalue weighted by Gasteiger charge is 2.30. The number of imide groups is 1. The molecule has 5 heterocycles. The molecule has 0 spiro atoms. The summed E-state index contributed by atoms with van der Waals surface area (Å²) in [6, 6.07) is 7.30. The summed E-state index contributed by atoms with van der Waals surface area (Å²) in [4.78, 5) is 35.1. The SMILES string of the molecule is O=C1CCN(c2ncc3c(N4CCN(CCC5CCC(/C=[N+]6/C=c7cc(C(O)O)c(OC8CC8)cc7=N6)CC5)CC4)cccn23)C(=O)N1. The number of benzene rings is 1. The minimum absolute atomic E-state index is 0.166. The number of urea groups is 1. The van der Waals surface area contributed by atoms with Crippen LogP contribution in [-0.4, -0.2) is 92.7 Å². The Morgan fingerprint density at radius 1 is 1.04 bits per heavy atom. The maximum Gasteiger partial charge on any atom is 0.330 e. The minimum atomic E-state index is -1.58. The molecule has 0 unspecified atom stereocenters. The number of hydrogen-bond acceptors (Lipinski definition) is 9. The number of amides is 3. The number of nitrogens with zero attached hydrogens (tertiary/aromatic N) is 7. The number of aliphatic hydroxyl groups excluding tert-OH is 1. The molecule has 5 aliphatic rings. The Kier molecular flexibility index (Phi) is 8.35. The van der Waals surface area contributed by atoms with Crippen molar-refractivity contribution in [3.8, 4) is 5.75 Å². The molecule has 1 aromatic carbocycles. The highest BCUT2D eigenvalue weighted by molar-refractivity contribution is 6.05. The fourth-order valence-corrected chi connectivity index (χ4v) is 7.47. The van der Waals surface area contributed by atoms with Crippen molar-refractivity contribution in [3.63, 3.8) is 0 Å². The number of fused-ring (bicyclic) bond motifs is 2. The number of carbonyl (C=O) groups excluding carboxylic acids is 2. The van der Waals surface area contributed by atoms with Gasteiger partial charge in [-0.15, -0.1) is 0 Å². The van der Waals surface area contributed by atoms with Gasteiger partial charge in [0, 0.05) is 62.4 Å². The summed E-state index contributed by atoms with van der Waals surface area (Å²) in [5.41, 5.74) is 2.47. The third-order valence-corrected chi connectivity index (χ3v) is 10.4. The lowest BCUT2D eigenvalue weighted by Crippen LogP contribution is -2.50. The number of hydrogen-bond donors (Lipinski definition) is 3. The fourth-order valence-electron chi connectivity index (χ4n) is 7.47. The normalized spacial score (nSPS) is 24.2. The number of pyridine rings is 1. The summed E-state index contributed by atoms with van der Waals surface area (Å²) in [7, 11) is 0. The van der Waals surface area contributed by atoms with Crippen LogP contribution in [0.15, 0.2) is 41.8 Å². The summed E-state index contributed by atoms with van der Waals surface area (Å²) in [5.74, 6) is 2.01. The van der Waals surface area contributed by atoms with Gasteiger partial charge in [0.05, 0.1) is 34.3 Å². The third kappa shape index (κ3) is 6.41. The van der Waals surface area contributed by atoms with Gasteiger partial charge >= 0.3 is 6.03 Å². The summed E-state index contributed by atoms with van der Waals surface area (Å²) < 4.78 is 9.77. The fraction of sp³-hybridized carbons (Fsp3) is 0.514. The lowest BCUT2D eigenvalue weighted by atomic mass is 9.81. The van der Waals surface area contributed by atoms with Crippen molar-refractivity contribution in [1.29, 1.82) is 0 Å². The number of rotatable bonds is 9. The molecule has 252 valence electrons. The van der Waals surface area contributed by atoms with Gasteiger partial charge in [-0.2, -0.15) is 0 Å². The van der Waals surface area contributed by atoms with Crippen LogP contribution in [0.5, 0.6) is 5.75 Å². The Balaban J connectivity index is 0.821. The van der Waals surface area contributed by atoms with E-state index in [-0.39, 0.29) is 18.4 Å². The van der Waals surface area contributed by atoms with Gasteiger partial charge in [-0.25, -0.2) is 9.78 Å². The highest BCUT2D eigenvalue weighted by Crippen LogP contribution is 2.32. The molecule has 3 aromatic rings. The zero-order valence-electron chi connectivity index (χ0n) is 27.1. The van der Waals surface area contributed by atoms with Crippen LogP contribution in [0.4, 0.5) is 16.4 Å². The van der Waals surface area contributed by atoms with E-state index in [9.17, 15) is 19.8 Å². The van der Waals surface area contributed by atoms with Gasteiger partial charge in [-0.1, -0.05) is 4.68 Å². The van der Waals surface area contributed by atoms with Crippen molar-refractivity contribution in [2.24, 2.45) is 16.9 Å². The molecule has 13 nitrogen and oxygen atoms in total. The van der Waals surface area contributed by atoms with Crippen molar-refractivity contribution in [3.05, 3.63) is 52.8 Å². The second-order valence-electron chi connectivity index (χ2n) is 13.8. The number of aromatic nitrogens is 2. The molecular weight excluding hydrogens is 612 g/mol. The van der Waals surface area contributed by atoms with Gasteiger partial charge in [0.15, 0.2) is 12.5 Å². The van der Waals surface area contributed by atoms with E-state index in [1.165, 1.54) is 24.2 Å². The maximum absolute atomic E-state index is 12.4. The quantitative estimate of drug-likeness (QED) is 0.234. The first-order chi connectivity index (χ1) is 23.4. The van der Waals surface area contributed by atoms with E-state index in [0.717, 1.165) is 86.1 Å². The third-order valence-electron chi connectivity index (χ3n) is 10.4. The van der Waals surface area contributed by atoms with Crippen molar-refractivity contribution in [2.75, 3.05) is 49.1 Å². The van der Waals surface area contributed by atoms with E-state index >= 15 is 0 Å². The van der Waals surface area contributed by atoms with Crippen molar-refractivity contribution >= 4 is 41.5 Å². The molecule has 8 rings (SSSR count). The van der Waals surface area contributed by atoms with E-state index in [2.05, 4.69) is 32.4 Å². The summed E-state index contributed by atoms with van der Waals surface area (Å²) in [5, 5.41) is 28.6. The number of aliphatic hydroxyl groups is 2. The highest BCUT2D eigenvalue weighted by atomic mass is 16.5. The molecule has 3 aliphatic heterocycles. The average molecular weight is 656 g/mol. The zero-order valence-corrected chi connectivity index (χ0v) is 27.1. The van der Waals surface area contributed by atoms with Crippen LogP contribution < -0.4 is 30.4 Å². The molecule has 0 atom stereocenters. The van der Waals surface area contributed by atoms with Crippen LogP contribution >= 0.6 is 0 Å². The largest absolute Gasteiger partial charge is 0.490 e. The number of anilines is 2. The molecule has 0 bridgehead atoms. The van der Waals surface area contributed by atoms with E-state index in [1.54, 1.807) is 6.07 Å². The molecule has 3 N–H and O–H groups in total. The van der Waals surface area contributed by atoms with Crippen LogP contribution in [0.25, 0.3) is 11.7 Å². The molecule has 2 aromatic heterocycles. The van der Waals surface area contributed by atoms with Crippen molar-refractivity contribution < 1.29 is 29.2 Å². The molecular formula is C35H43N8O5+. The van der Waals surface area contributed by atoms with Gasteiger partial charge in [-0.05, 0) is 75.6 Å². The second kappa shape index (κ2) is 12.9. The van der Waals surface area contributed by atoms with Crippen LogP contribution in [0, 0.1) is 11.8 Å². The first-order valence-corrected chi connectivity index (χ1v) is 17.3. The monoisotopic (exact) mass is 655 g/mol. The Morgan fingerprint density at radius 2 is 1.85 bits per heavy atom. The number of imidazole rings is 1. The Bertz CT molecular complexity index is 1870. The number of ether oxygens (including phenoxy) is 1. The van der Waals surface area contributed by atoms with Crippen LogP contribution in [0.1, 0.15) is 63.2 Å². The van der Waals surface area contributed by atoms with Crippen LogP contribution in [0.2, 0.25) is 0 Å². The van der Waals surface area contributed by atoms with E-state index in [1.807, 2.05) is 39.8 Å². The summed E-state index contributed by atoms with van der Waals surface area (Å²) in [6.45, 7) is 5.34. The van der Waals surface area contributed by atoms with Crippen molar-refractivity contribution in [1.82, 2.24) is 19.6 Å². The Morgan fingerprint density at radius 3 is 2.60 bits per heavy atom. The standard InChI is InChI=1S/C35H42N8O5/c44-32-10-13-43(35(47)37-32)34-36-20-30-29(2-1-11-42(30)34)40-16-14-39(15-17-40)12-9-23-3-5-24(6-4-23)21-41-22-25-18-27(33(45)46)31(19-28(25)38-41)48-26-7-8-26/h1-2,11,18-24,26,33,45-46H,3-10,12-17H2/p+1/b41-21-. The van der Waals surface area contributed by atoms with Crippen molar-refractivity contribution in [2.45, 2.75) is 63.8 Å². The van der Waals surface area contributed by atoms with Gasteiger partial charge in [-0.3, -0.25) is 24.3 Å². The maximum atomic E-state index is 12.4. The number of piperazine rings is 1. The van der Waals surface area contributed by atoms with E-state index < -0.39 is 12.3 Å².